The predicted octanol–water partition coefficient (Wildman–Crippen LogP) is 3.52. The summed E-state index contributed by atoms with van der Waals surface area (Å²) in [6.07, 6.45) is -4.70. The van der Waals surface area contributed by atoms with Crippen LogP contribution in [0.15, 0.2) is 30.3 Å². The van der Waals surface area contributed by atoms with Crippen LogP contribution in [0.1, 0.15) is 16.8 Å². The van der Waals surface area contributed by atoms with Gasteiger partial charge >= 0.3 is 6.18 Å². The zero-order valence-corrected chi connectivity index (χ0v) is 14.9. The molecule has 1 aliphatic heterocycles. The zero-order valence-electron chi connectivity index (χ0n) is 14.9. The van der Waals surface area contributed by atoms with E-state index in [1.54, 1.807) is 24.0 Å². The first-order valence-electron chi connectivity index (χ1n) is 8.44. The van der Waals surface area contributed by atoms with Gasteiger partial charge in [0.1, 0.15) is 17.6 Å². The van der Waals surface area contributed by atoms with Crippen molar-refractivity contribution in [3.05, 3.63) is 57.3 Å². The van der Waals surface area contributed by atoms with E-state index in [0.29, 0.717) is 43.8 Å². The second-order valence-corrected chi connectivity index (χ2v) is 6.38. The predicted molar refractivity (Wildman–Crippen MR) is 96.2 cm³/mol. The summed E-state index contributed by atoms with van der Waals surface area (Å²) < 4.78 is 40.2. The Labute approximate surface area is 158 Å². The van der Waals surface area contributed by atoms with Gasteiger partial charge in [-0.15, -0.1) is 0 Å². The number of rotatable bonds is 3. The maximum Gasteiger partial charge on any atom is 0.418 e. The fourth-order valence-electron chi connectivity index (χ4n) is 3.12. The summed E-state index contributed by atoms with van der Waals surface area (Å²) in [6.45, 7) is 3.18. The Hall–Kier alpha value is -3.35. The molecule has 0 N–H and O–H groups in total. The Morgan fingerprint density at radius 3 is 2.36 bits per heavy atom. The minimum Gasteiger partial charge on any atom is -0.367 e. The molecular formula is C18H16F3N5O2. The van der Waals surface area contributed by atoms with Crippen LogP contribution >= 0.6 is 0 Å². The number of benzene rings is 1. The number of aryl methyl sites for hydroxylation is 1. The number of nitriles is 1. The van der Waals surface area contributed by atoms with Gasteiger partial charge < -0.3 is 9.80 Å². The van der Waals surface area contributed by atoms with E-state index in [4.69, 9.17) is 5.26 Å². The first-order valence-corrected chi connectivity index (χ1v) is 8.44. The van der Waals surface area contributed by atoms with Crippen LogP contribution in [-0.4, -0.2) is 36.1 Å². The van der Waals surface area contributed by atoms with Crippen LogP contribution in [0.5, 0.6) is 0 Å². The average Bonchev–Trinajstić information content (AvgIpc) is 2.67. The Bertz CT molecular complexity index is 947. The number of nitro groups is 1. The van der Waals surface area contributed by atoms with Crippen molar-refractivity contribution in [2.75, 3.05) is 36.0 Å². The van der Waals surface area contributed by atoms with Gasteiger partial charge in [0, 0.05) is 44.0 Å². The van der Waals surface area contributed by atoms with Crippen LogP contribution in [-0.2, 0) is 6.18 Å². The molecule has 0 unspecified atom stereocenters. The molecule has 28 heavy (non-hydrogen) atoms. The molecule has 0 spiro atoms. The summed E-state index contributed by atoms with van der Waals surface area (Å²) in [7, 11) is 0. The number of nitrogens with zero attached hydrogens (tertiary/aromatic N) is 5. The molecule has 146 valence electrons. The summed E-state index contributed by atoms with van der Waals surface area (Å²) in [6, 6.07) is 8.38. The molecule has 3 rings (SSSR count). The smallest absolute Gasteiger partial charge is 0.367 e. The minimum atomic E-state index is -4.70. The van der Waals surface area contributed by atoms with E-state index < -0.39 is 22.4 Å². The molecule has 0 bridgehead atoms. The molecule has 10 heteroatoms. The van der Waals surface area contributed by atoms with E-state index in [-0.39, 0.29) is 5.69 Å². The second-order valence-electron chi connectivity index (χ2n) is 6.38. The molecule has 1 aromatic heterocycles. The first-order chi connectivity index (χ1) is 13.2. The van der Waals surface area contributed by atoms with Crippen LogP contribution < -0.4 is 9.80 Å². The first kappa shape index (κ1) is 19.4. The van der Waals surface area contributed by atoms with Crippen molar-refractivity contribution in [3.8, 4) is 6.07 Å². The molecular weight excluding hydrogens is 375 g/mol. The SMILES string of the molecule is Cc1ccc(N2CCN(c3ccc([N+](=O)[O-])cc3C(F)(F)F)CC2)nc1C#N. The third kappa shape index (κ3) is 3.83. The number of piperazine rings is 1. The van der Waals surface area contributed by atoms with Gasteiger partial charge in [-0.1, -0.05) is 6.07 Å². The molecule has 0 saturated carbocycles. The molecule has 1 aromatic carbocycles. The highest BCUT2D eigenvalue weighted by Crippen LogP contribution is 2.39. The van der Waals surface area contributed by atoms with Crippen LogP contribution in [0.25, 0.3) is 0 Å². The van der Waals surface area contributed by atoms with Crippen LogP contribution in [0, 0.1) is 28.4 Å². The summed E-state index contributed by atoms with van der Waals surface area (Å²) in [5.41, 5.74) is -0.620. The number of nitro benzene ring substituents is 1. The van der Waals surface area contributed by atoms with Crippen LogP contribution in [0.3, 0.4) is 0 Å². The molecule has 1 saturated heterocycles. The Balaban J connectivity index is 1.82. The Kier molecular flexibility index (Phi) is 5.09. The van der Waals surface area contributed by atoms with Gasteiger partial charge in [-0.25, -0.2) is 4.98 Å². The average molecular weight is 391 g/mol. The van der Waals surface area contributed by atoms with Crippen LogP contribution in [0.4, 0.5) is 30.4 Å². The van der Waals surface area contributed by atoms with E-state index in [1.165, 1.54) is 0 Å². The summed E-state index contributed by atoms with van der Waals surface area (Å²) >= 11 is 0. The van der Waals surface area contributed by atoms with E-state index in [2.05, 4.69) is 4.98 Å². The lowest BCUT2D eigenvalue weighted by Gasteiger charge is -2.37. The van der Waals surface area contributed by atoms with Crippen molar-refractivity contribution in [2.24, 2.45) is 0 Å². The minimum absolute atomic E-state index is 0.0765. The molecule has 7 nitrogen and oxygen atoms in total. The number of hydrogen-bond acceptors (Lipinski definition) is 6. The van der Waals surface area contributed by atoms with Gasteiger partial charge in [-0.2, -0.15) is 18.4 Å². The summed E-state index contributed by atoms with van der Waals surface area (Å²) in [4.78, 5) is 17.7. The monoisotopic (exact) mass is 391 g/mol. The number of alkyl halides is 3. The van der Waals surface area contributed by atoms with Gasteiger partial charge in [-0.05, 0) is 24.6 Å². The molecule has 1 fully saturated rings. The lowest BCUT2D eigenvalue weighted by Crippen LogP contribution is -2.47. The summed E-state index contributed by atoms with van der Waals surface area (Å²) in [5.74, 6) is 0.599. The third-order valence-electron chi connectivity index (χ3n) is 4.63. The molecule has 0 radical (unpaired) electrons. The lowest BCUT2D eigenvalue weighted by molar-refractivity contribution is -0.385. The van der Waals surface area contributed by atoms with Crippen molar-refractivity contribution in [1.29, 1.82) is 5.26 Å². The maximum atomic E-state index is 13.4. The normalized spacial score (nSPS) is 14.7. The number of halogens is 3. The zero-order chi connectivity index (χ0) is 20.5. The highest BCUT2D eigenvalue weighted by molar-refractivity contribution is 5.60. The highest BCUT2D eigenvalue weighted by atomic mass is 19.4. The van der Waals surface area contributed by atoms with Crippen molar-refractivity contribution >= 4 is 17.2 Å². The van der Waals surface area contributed by atoms with E-state index in [0.717, 1.165) is 17.7 Å². The Morgan fingerprint density at radius 1 is 1.14 bits per heavy atom. The number of pyridine rings is 1. The Morgan fingerprint density at radius 2 is 1.79 bits per heavy atom. The van der Waals surface area contributed by atoms with Gasteiger partial charge in [0.2, 0.25) is 0 Å². The number of hydrogen-bond donors (Lipinski definition) is 0. The van der Waals surface area contributed by atoms with Gasteiger partial charge in [0.25, 0.3) is 5.69 Å². The quantitative estimate of drug-likeness (QED) is 0.588. The molecule has 0 aliphatic carbocycles. The largest absolute Gasteiger partial charge is 0.418 e. The molecule has 0 atom stereocenters. The number of non-ortho nitro benzene ring substituents is 1. The topological polar surface area (TPSA) is 86.3 Å². The van der Waals surface area contributed by atoms with E-state index >= 15 is 0 Å². The molecule has 2 aromatic rings. The van der Waals surface area contributed by atoms with Crippen molar-refractivity contribution in [1.82, 2.24) is 4.98 Å². The third-order valence-corrected chi connectivity index (χ3v) is 4.63. The van der Waals surface area contributed by atoms with Gasteiger partial charge in [0.15, 0.2) is 0 Å². The number of anilines is 2. The summed E-state index contributed by atoms with van der Waals surface area (Å²) in [5, 5.41) is 19.9. The second kappa shape index (κ2) is 7.34. The number of aromatic nitrogens is 1. The van der Waals surface area contributed by atoms with E-state index in [1.807, 2.05) is 11.0 Å². The van der Waals surface area contributed by atoms with Crippen molar-refractivity contribution < 1.29 is 18.1 Å². The van der Waals surface area contributed by atoms with Crippen molar-refractivity contribution in [3.63, 3.8) is 0 Å². The van der Waals surface area contributed by atoms with Gasteiger partial charge in [0.05, 0.1) is 10.5 Å². The highest BCUT2D eigenvalue weighted by Gasteiger charge is 2.37. The maximum absolute atomic E-state index is 13.4. The van der Waals surface area contributed by atoms with E-state index in [9.17, 15) is 23.3 Å². The fourth-order valence-corrected chi connectivity index (χ4v) is 3.12. The molecule has 0 amide bonds. The molecule has 1 aliphatic rings. The van der Waals surface area contributed by atoms with Crippen molar-refractivity contribution in [2.45, 2.75) is 13.1 Å². The van der Waals surface area contributed by atoms with Gasteiger partial charge in [-0.3, -0.25) is 10.1 Å². The lowest BCUT2D eigenvalue weighted by atomic mass is 10.1. The fraction of sp³-hybridized carbons (Fsp3) is 0.333. The molecule has 2 heterocycles. The standard InChI is InChI=1S/C18H16F3N5O2/c1-12-2-5-17(23-15(12)11-22)25-8-6-24(7-9-25)16-4-3-13(26(27)28)10-14(16)18(19,20)21/h2-5,10H,6-9H2,1H3. The van der Waals surface area contributed by atoms with Crippen LogP contribution in [0.2, 0.25) is 0 Å².